The lowest BCUT2D eigenvalue weighted by Gasteiger charge is -2.13. The van der Waals surface area contributed by atoms with Crippen molar-refractivity contribution in [2.75, 3.05) is 11.9 Å². The lowest BCUT2D eigenvalue weighted by atomic mass is 10.1. The minimum Gasteiger partial charge on any atom is -0.493 e. The van der Waals surface area contributed by atoms with Gasteiger partial charge in [-0.05, 0) is 37.1 Å². The number of benzene rings is 1. The van der Waals surface area contributed by atoms with Crippen LogP contribution in [0.3, 0.4) is 0 Å². The number of rotatable bonds is 0. The number of anilines is 1. The van der Waals surface area contributed by atoms with Crippen LogP contribution in [0.25, 0.3) is 11.5 Å². The van der Waals surface area contributed by atoms with E-state index in [1.165, 1.54) is 18.2 Å². The van der Waals surface area contributed by atoms with Crippen molar-refractivity contribution >= 4 is 11.7 Å². The molecule has 0 unspecified atom stereocenters. The number of carbonyl (C=O) groups excluding carboxylic acids is 1. The maximum Gasteiger partial charge on any atom is 0.260 e. The number of carbonyl (C=O) groups is 1. The minimum atomic E-state index is -0.452. The molecule has 0 saturated heterocycles. The van der Waals surface area contributed by atoms with E-state index in [-0.39, 0.29) is 11.3 Å². The van der Waals surface area contributed by atoms with Crippen LogP contribution >= 0.6 is 0 Å². The third kappa shape index (κ3) is 3.26. The van der Waals surface area contributed by atoms with E-state index in [1.807, 2.05) is 10.6 Å². The Hall–Kier alpha value is -3.29. The molecule has 4 rings (SSSR count). The molecule has 2 aromatic heterocycles. The van der Waals surface area contributed by atoms with Gasteiger partial charge in [-0.3, -0.25) is 4.79 Å². The third-order valence-electron chi connectivity index (χ3n) is 4.07. The highest BCUT2D eigenvalue weighted by Crippen LogP contribution is 2.23. The molecule has 7 nitrogen and oxygen atoms in total. The zero-order valence-electron chi connectivity index (χ0n) is 13.9. The van der Waals surface area contributed by atoms with Gasteiger partial charge in [-0.25, -0.2) is 9.37 Å². The molecule has 3 heterocycles. The average Bonchev–Trinajstić information content (AvgIpc) is 3.09. The van der Waals surface area contributed by atoms with Crippen LogP contribution in [-0.4, -0.2) is 32.3 Å². The predicted molar refractivity (Wildman–Crippen MR) is 92.3 cm³/mol. The molecule has 1 aliphatic heterocycles. The molecule has 132 valence electrons. The first kappa shape index (κ1) is 16.2. The van der Waals surface area contributed by atoms with Crippen LogP contribution < -0.4 is 10.1 Å². The SMILES string of the molecule is O=C1Nc2cccc(n2)-c2nncn2CCCCOc2cc(F)ccc21. The van der Waals surface area contributed by atoms with Crippen LogP contribution in [0.15, 0.2) is 42.7 Å². The molecule has 3 aromatic rings. The van der Waals surface area contributed by atoms with Crippen LogP contribution in [0.2, 0.25) is 0 Å². The molecule has 0 aliphatic carbocycles. The van der Waals surface area contributed by atoms with Gasteiger partial charge in [-0.2, -0.15) is 0 Å². The van der Waals surface area contributed by atoms with E-state index in [1.54, 1.807) is 18.5 Å². The second-order valence-corrected chi connectivity index (χ2v) is 5.91. The van der Waals surface area contributed by atoms with Crippen molar-refractivity contribution in [1.29, 1.82) is 0 Å². The Morgan fingerprint density at radius 1 is 1.19 bits per heavy atom. The van der Waals surface area contributed by atoms with E-state index in [9.17, 15) is 9.18 Å². The standard InChI is InChI=1S/C18H16FN5O2/c19-12-6-7-13-15(10-12)26-9-2-1-8-24-11-20-23-17(24)14-4-3-5-16(21-14)22-18(13)25/h3-7,10-11H,1-2,8-9H2,(H,21,22,25). The van der Waals surface area contributed by atoms with Gasteiger partial charge in [0.2, 0.25) is 0 Å². The summed E-state index contributed by atoms with van der Waals surface area (Å²) in [6, 6.07) is 9.14. The van der Waals surface area contributed by atoms with E-state index in [4.69, 9.17) is 4.74 Å². The number of aryl methyl sites for hydroxylation is 1. The first-order valence-corrected chi connectivity index (χ1v) is 8.30. The number of pyridine rings is 1. The quantitative estimate of drug-likeness (QED) is 0.672. The Bertz CT molecular complexity index is 956. The summed E-state index contributed by atoms with van der Waals surface area (Å²) in [4.78, 5) is 17.0. The van der Waals surface area contributed by atoms with Crippen LogP contribution in [0.4, 0.5) is 10.2 Å². The maximum atomic E-state index is 13.6. The summed E-state index contributed by atoms with van der Waals surface area (Å²) in [7, 11) is 0. The van der Waals surface area contributed by atoms with Gasteiger partial charge in [-0.15, -0.1) is 10.2 Å². The Morgan fingerprint density at radius 3 is 3.04 bits per heavy atom. The summed E-state index contributed by atoms with van der Waals surface area (Å²) in [5, 5.41) is 10.8. The molecule has 0 fully saturated rings. The Balaban J connectivity index is 1.74. The van der Waals surface area contributed by atoms with E-state index >= 15 is 0 Å². The van der Waals surface area contributed by atoms with Gasteiger partial charge in [0, 0.05) is 12.6 Å². The van der Waals surface area contributed by atoms with E-state index in [0.29, 0.717) is 30.5 Å². The largest absolute Gasteiger partial charge is 0.493 e. The molecule has 1 aliphatic rings. The average molecular weight is 353 g/mol. The number of fused-ring (bicyclic) bond motifs is 5. The normalized spacial score (nSPS) is 14.4. The Kier molecular flexibility index (Phi) is 4.30. The van der Waals surface area contributed by atoms with Crippen LogP contribution in [-0.2, 0) is 6.54 Å². The number of aromatic nitrogens is 4. The zero-order chi connectivity index (χ0) is 17.9. The molecule has 0 radical (unpaired) electrons. The molecule has 0 atom stereocenters. The maximum absolute atomic E-state index is 13.6. The van der Waals surface area contributed by atoms with Crippen molar-refractivity contribution in [2.24, 2.45) is 0 Å². The highest BCUT2D eigenvalue weighted by molar-refractivity contribution is 6.05. The number of nitrogens with one attached hydrogen (secondary N) is 1. The number of nitrogens with zero attached hydrogens (tertiary/aromatic N) is 4. The molecular weight excluding hydrogens is 337 g/mol. The number of hydrogen-bond donors (Lipinski definition) is 1. The van der Waals surface area contributed by atoms with Gasteiger partial charge in [0.05, 0.1) is 12.2 Å². The fourth-order valence-corrected chi connectivity index (χ4v) is 2.80. The van der Waals surface area contributed by atoms with Gasteiger partial charge in [-0.1, -0.05) is 6.07 Å². The predicted octanol–water partition coefficient (Wildman–Crippen LogP) is 2.90. The van der Waals surface area contributed by atoms with Gasteiger partial charge in [0.25, 0.3) is 5.91 Å². The minimum absolute atomic E-state index is 0.223. The Labute approximate surface area is 148 Å². The van der Waals surface area contributed by atoms with Crippen LogP contribution in [0, 0.1) is 5.82 Å². The highest BCUT2D eigenvalue weighted by Gasteiger charge is 2.16. The lowest BCUT2D eigenvalue weighted by molar-refractivity contribution is 0.102. The first-order chi connectivity index (χ1) is 12.7. The molecule has 0 saturated carbocycles. The van der Waals surface area contributed by atoms with Crippen LogP contribution in [0.1, 0.15) is 23.2 Å². The molecule has 8 heteroatoms. The molecule has 1 amide bonds. The number of ether oxygens (including phenoxy) is 1. The van der Waals surface area contributed by atoms with Crippen molar-refractivity contribution in [3.63, 3.8) is 0 Å². The van der Waals surface area contributed by atoms with Crippen molar-refractivity contribution < 1.29 is 13.9 Å². The summed E-state index contributed by atoms with van der Waals surface area (Å²) in [6.45, 7) is 1.09. The fraction of sp³-hybridized carbons (Fsp3) is 0.222. The van der Waals surface area contributed by atoms with Crippen molar-refractivity contribution in [3.05, 3.63) is 54.1 Å². The van der Waals surface area contributed by atoms with Gasteiger partial charge >= 0.3 is 0 Å². The summed E-state index contributed by atoms with van der Waals surface area (Å²) < 4.78 is 21.1. The van der Waals surface area contributed by atoms with Crippen molar-refractivity contribution in [1.82, 2.24) is 19.7 Å². The molecular formula is C18H16FN5O2. The molecule has 1 N–H and O–H groups in total. The highest BCUT2D eigenvalue weighted by atomic mass is 19.1. The lowest BCUT2D eigenvalue weighted by Crippen LogP contribution is -2.16. The van der Waals surface area contributed by atoms with E-state index < -0.39 is 11.7 Å². The van der Waals surface area contributed by atoms with E-state index in [2.05, 4.69) is 20.5 Å². The van der Waals surface area contributed by atoms with Crippen molar-refractivity contribution in [2.45, 2.75) is 19.4 Å². The zero-order valence-corrected chi connectivity index (χ0v) is 13.9. The summed E-state index contributed by atoms with van der Waals surface area (Å²) >= 11 is 0. The molecule has 2 bridgehead atoms. The first-order valence-electron chi connectivity index (χ1n) is 8.30. The number of halogens is 1. The Morgan fingerprint density at radius 2 is 2.12 bits per heavy atom. The monoisotopic (exact) mass is 353 g/mol. The van der Waals surface area contributed by atoms with Crippen LogP contribution in [0.5, 0.6) is 5.75 Å². The number of amides is 1. The van der Waals surface area contributed by atoms with Gasteiger partial charge < -0.3 is 14.6 Å². The second kappa shape index (κ2) is 6.91. The van der Waals surface area contributed by atoms with E-state index in [0.717, 1.165) is 12.8 Å². The molecule has 1 aromatic carbocycles. The molecule has 26 heavy (non-hydrogen) atoms. The number of hydrogen-bond acceptors (Lipinski definition) is 5. The van der Waals surface area contributed by atoms with Crippen molar-refractivity contribution in [3.8, 4) is 17.3 Å². The second-order valence-electron chi connectivity index (χ2n) is 5.91. The summed E-state index contributed by atoms with van der Waals surface area (Å²) in [5.41, 5.74) is 0.881. The van der Waals surface area contributed by atoms with Gasteiger partial charge in [0.15, 0.2) is 5.82 Å². The van der Waals surface area contributed by atoms with Gasteiger partial charge in [0.1, 0.15) is 29.4 Å². The smallest absolute Gasteiger partial charge is 0.260 e. The summed E-state index contributed by atoms with van der Waals surface area (Å²) in [6.07, 6.45) is 3.21. The third-order valence-corrected chi connectivity index (χ3v) is 4.07. The molecule has 0 spiro atoms. The summed E-state index contributed by atoms with van der Waals surface area (Å²) in [5.74, 6) is 0.367. The topological polar surface area (TPSA) is 81.9 Å². The fourth-order valence-electron chi connectivity index (χ4n) is 2.80.